The molecule has 4 rings (SSSR count). The zero-order chi connectivity index (χ0) is 33.4. The number of aromatic nitrogens is 1. The van der Waals surface area contributed by atoms with E-state index in [9.17, 15) is 9.18 Å². The number of esters is 1. The molecule has 0 saturated carbocycles. The highest BCUT2D eigenvalue weighted by Crippen LogP contribution is 2.55. The van der Waals surface area contributed by atoms with Crippen LogP contribution < -0.4 is 0 Å². The van der Waals surface area contributed by atoms with E-state index in [1.807, 2.05) is 39.0 Å². The largest absolute Gasteiger partial charge is 0.460 e. The molecule has 1 saturated heterocycles. The number of rotatable bonds is 8. The Hall–Kier alpha value is -2.74. The molecule has 246 valence electrons. The average molecular weight is 636 g/mol. The van der Waals surface area contributed by atoms with E-state index in [2.05, 4.69) is 90.3 Å². The van der Waals surface area contributed by atoms with Gasteiger partial charge in [-0.2, -0.15) is 0 Å². The Bertz CT molecular complexity index is 1430. The van der Waals surface area contributed by atoms with Crippen LogP contribution in [0.5, 0.6) is 0 Å². The van der Waals surface area contributed by atoms with E-state index in [-0.39, 0.29) is 46.4 Å². The number of carbonyl (C=O) groups excluding carboxylic acids is 1. The van der Waals surface area contributed by atoms with Crippen LogP contribution in [0.2, 0.25) is 10.1 Å². The maximum Gasteiger partial charge on any atom is 0.349 e. The van der Waals surface area contributed by atoms with Gasteiger partial charge in [0.15, 0.2) is 0 Å². The average Bonchev–Trinajstić information content (AvgIpc) is 3.30. The number of halogens is 1. The smallest absolute Gasteiger partial charge is 0.349 e. The minimum atomic E-state index is -2.90. The van der Waals surface area contributed by atoms with Crippen molar-refractivity contribution in [3.63, 3.8) is 0 Å². The van der Waals surface area contributed by atoms with E-state index >= 15 is 0 Å². The molecule has 1 fully saturated rings. The van der Waals surface area contributed by atoms with Gasteiger partial charge in [-0.25, -0.2) is 4.39 Å². The van der Waals surface area contributed by atoms with Crippen molar-refractivity contribution in [2.75, 3.05) is 0 Å². The Morgan fingerprint density at radius 3 is 2.00 bits per heavy atom. The Labute approximate surface area is 271 Å². The standard InChI is InChI=1S/C38H54FNO4Si/c1-26(2)33-25-32(27-15-13-12-14-16-27)35(28-17-19-29(39)20-18-28)40(33)22-21-30-23-31(24-34(41)42-36(3,4)5)44-45(43-30,37(6,7)8)38(9,10)11/h12-20,25-26,30-31H,21-24H2,1-11H3. The summed E-state index contributed by atoms with van der Waals surface area (Å²) < 4.78 is 36.4. The fraction of sp³-hybridized carbons (Fsp3) is 0.553. The molecule has 0 amide bonds. The summed E-state index contributed by atoms with van der Waals surface area (Å²) in [6.07, 6.45) is 1.20. The molecule has 45 heavy (non-hydrogen) atoms. The van der Waals surface area contributed by atoms with Crippen molar-refractivity contribution in [1.29, 1.82) is 0 Å². The molecular formula is C38H54FNO4Si. The summed E-state index contributed by atoms with van der Waals surface area (Å²) >= 11 is 0. The molecule has 1 aliphatic rings. The number of carbonyl (C=O) groups is 1. The number of hydrogen-bond acceptors (Lipinski definition) is 4. The van der Waals surface area contributed by atoms with Crippen molar-refractivity contribution >= 4 is 14.5 Å². The second-order valence-electron chi connectivity index (χ2n) is 15.9. The summed E-state index contributed by atoms with van der Waals surface area (Å²) in [4.78, 5) is 13.0. The van der Waals surface area contributed by atoms with Crippen LogP contribution in [-0.2, 0) is 24.9 Å². The van der Waals surface area contributed by atoms with Crippen molar-refractivity contribution < 1.29 is 22.8 Å². The van der Waals surface area contributed by atoms with Gasteiger partial charge in [0.2, 0.25) is 0 Å². The molecule has 1 aromatic heterocycles. The first kappa shape index (κ1) is 35.1. The fourth-order valence-corrected chi connectivity index (χ4v) is 12.0. The lowest BCUT2D eigenvalue weighted by Crippen LogP contribution is -2.63. The number of ether oxygens (including phenoxy) is 1. The summed E-state index contributed by atoms with van der Waals surface area (Å²) in [7, 11) is -2.90. The third-order valence-electron chi connectivity index (χ3n) is 8.58. The maximum absolute atomic E-state index is 14.1. The molecule has 2 unspecified atom stereocenters. The molecule has 2 heterocycles. The summed E-state index contributed by atoms with van der Waals surface area (Å²) in [5.41, 5.74) is 4.99. The van der Waals surface area contributed by atoms with Crippen LogP contribution in [0, 0.1) is 5.82 Å². The van der Waals surface area contributed by atoms with Crippen molar-refractivity contribution in [3.05, 3.63) is 72.2 Å². The van der Waals surface area contributed by atoms with Crippen LogP contribution in [0.1, 0.15) is 107 Å². The van der Waals surface area contributed by atoms with Crippen LogP contribution in [0.15, 0.2) is 60.7 Å². The highest BCUT2D eigenvalue weighted by Gasteiger charge is 2.62. The van der Waals surface area contributed by atoms with Crippen LogP contribution in [0.3, 0.4) is 0 Å². The van der Waals surface area contributed by atoms with E-state index in [1.54, 1.807) is 0 Å². The van der Waals surface area contributed by atoms with Gasteiger partial charge in [0.05, 0.1) is 24.3 Å². The molecule has 1 aliphatic heterocycles. The number of benzene rings is 2. The normalized spacial score (nSPS) is 19.1. The fourth-order valence-electron chi connectivity index (χ4n) is 6.91. The zero-order valence-electron chi connectivity index (χ0n) is 29.3. The van der Waals surface area contributed by atoms with E-state index in [0.717, 1.165) is 35.3 Å². The van der Waals surface area contributed by atoms with Gasteiger partial charge in [-0.1, -0.05) is 85.7 Å². The molecule has 3 aromatic rings. The lowest BCUT2D eigenvalue weighted by molar-refractivity contribution is -0.158. The minimum Gasteiger partial charge on any atom is -0.460 e. The quantitative estimate of drug-likeness (QED) is 0.183. The Balaban J connectivity index is 1.75. The Morgan fingerprint density at radius 1 is 0.889 bits per heavy atom. The van der Waals surface area contributed by atoms with Crippen molar-refractivity contribution in [2.45, 2.75) is 136 Å². The molecule has 2 aromatic carbocycles. The third kappa shape index (κ3) is 7.98. The summed E-state index contributed by atoms with van der Waals surface area (Å²) in [6, 6.07) is 19.5. The topological polar surface area (TPSA) is 49.7 Å². The monoisotopic (exact) mass is 635 g/mol. The van der Waals surface area contributed by atoms with Gasteiger partial charge < -0.3 is 18.2 Å². The molecule has 0 spiro atoms. The van der Waals surface area contributed by atoms with E-state index in [0.29, 0.717) is 6.42 Å². The highest BCUT2D eigenvalue weighted by atomic mass is 28.4. The van der Waals surface area contributed by atoms with Crippen molar-refractivity contribution in [2.24, 2.45) is 0 Å². The van der Waals surface area contributed by atoms with Crippen LogP contribution >= 0.6 is 0 Å². The lowest BCUT2D eigenvalue weighted by Gasteiger charge is -2.55. The second kappa shape index (κ2) is 13.2. The zero-order valence-corrected chi connectivity index (χ0v) is 30.3. The SMILES string of the molecule is CC(C)c1cc(-c2ccccc2)c(-c2ccc(F)cc2)n1CCC1CC(CC(=O)OC(C)(C)C)O[Si](C(C)(C)C)(C(C)(C)C)O1. The number of nitrogens with zero attached hydrogens (tertiary/aromatic N) is 1. The molecule has 0 aliphatic carbocycles. The molecule has 5 nitrogen and oxygen atoms in total. The first-order valence-corrected chi connectivity index (χ1v) is 18.3. The Kier molecular flexibility index (Phi) is 10.3. The highest BCUT2D eigenvalue weighted by molar-refractivity contribution is 6.73. The van der Waals surface area contributed by atoms with Gasteiger partial charge in [0.1, 0.15) is 11.4 Å². The van der Waals surface area contributed by atoms with Crippen LogP contribution in [0.25, 0.3) is 22.4 Å². The van der Waals surface area contributed by atoms with E-state index < -0.39 is 14.2 Å². The Morgan fingerprint density at radius 2 is 1.47 bits per heavy atom. The predicted molar refractivity (Wildman–Crippen MR) is 184 cm³/mol. The third-order valence-corrected chi connectivity index (χ3v) is 13.9. The number of hydrogen-bond donors (Lipinski definition) is 0. The van der Waals surface area contributed by atoms with Crippen molar-refractivity contribution in [1.82, 2.24) is 4.57 Å². The first-order valence-electron chi connectivity index (χ1n) is 16.4. The minimum absolute atomic E-state index is 0.0973. The van der Waals surface area contributed by atoms with Gasteiger partial charge in [-0.05, 0) is 81.0 Å². The van der Waals surface area contributed by atoms with E-state index in [4.69, 9.17) is 13.6 Å². The molecule has 0 N–H and O–H groups in total. The van der Waals surface area contributed by atoms with Gasteiger partial charge in [-0.15, -0.1) is 0 Å². The van der Waals surface area contributed by atoms with Gasteiger partial charge in [-0.3, -0.25) is 4.79 Å². The van der Waals surface area contributed by atoms with Crippen molar-refractivity contribution in [3.8, 4) is 22.4 Å². The first-order chi connectivity index (χ1) is 20.8. The summed E-state index contributed by atoms with van der Waals surface area (Å²) in [5, 5.41) is -0.460. The summed E-state index contributed by atoms with van der Waals surface area (Å²) in [5.74, 6) is -0.216. The molecule has 0 bridgehead atoms. The molecular weight excluding hydrogens is 582 g/mol. The second-order valence-corrected chi connectivity index (χ2v) is 20.6. The molecule has 7 heteroatoms. The summed E-state index contributed by atoms with van der Waals surface area (Å²) in [6.45, 7) is 24.1. The van der Waals surface area contributed by atoms with Gasteiger partial charge in [0.25, 0.3) is 0 Å². The maximum atomic E-state index is 14.1. The predicted octanol–water partition coefficient (Wildman–Crippen LogP) is 10.4. The molecule has 0 radical (unpaired) electrons. The van der Waals surface area contributed by atoms with Gasteiger partial charge >= 0.3 is 14.5 Å². The lowest BCUT2D eigenvalue weighted by atomic mass is 10.0. The molecule has 2 atom stereocenters. The van der Waals surface area contributed by atoms with E-state index in [1.165, 1.54) is 17.8 Å². The van der Waals surface area contributed by atoms with Gasteiger partial charge in [0, 0.05) is 27.9 Å². The van der Waals surface area contributed by atoms with Crippen LogP contribution in [-0.4, -0.2) is 36.9 Å². The van der Waals surface area contributed by atoms with Crippen LogP contribution in [0.4, 0.5) is 4.39 Å².